The number of nitrogens with zero attached hydrogens (tertiary/aromatic N) is 1. The van der Waals surface area contributed by atoms with Gasteiger partial charge in [0.1, 0.15) is 5.75 Å². The maximum atomic E-state index is 13.2. The third-order valence-corrected chi connectivity index (χ3v) is 4.98. The molecular weight excluding hydrogens is 398 g/mol. The first-order chi connectivity index (χ1) is 14.6. The third kappa shape index (κ3) is 4.17. The molecule has 0 bridgehead atoms. The fraction of sp³-hybridized carbons (Fsp3) is 0.292. The van der Waals surface area contributed by atoms with E-state index in [4.69, 9.17) is 4.74 Å². The van der Waals surface area contributed by atoms with Gasteiger partial charge in [0.25, 0.3) is 5.91 Å². The predicted molar refractivity (Wildman–Crippen MR) is 115 cm³/mol. The van der Waals surface area contributed by atoms with Crippen LogP contribution in [-0.4, -0.2) is 34.5 Å². The zero-order valence-electron chi connectivity index (χ0n) is 17.9. The van der Waals surface area contributed by atoms with Gasteiger partial charge >= 0.3 is 5.97 Å². The van der Waals surface area contributed by atoms with Gasteiger partial charge in [-0.15, -0.1) is 0 Å². The molecule has 2 aromatic rings. The zero-order valence-corrected chi connectivity index (χ0v) is 17.9. The predicted octanol–water partition coefficient (Wildman–Crippen LogP) is 4.08. The van der Waals surface area contributed by atoms with Crippen LogP contribution in [0.1, 0.15) is 49.7 Å². The summed E-state index contributed by atoms with van der Waals surface area (Å²) in [6.07, 6.45) is 0. The van der Waals surface area contributed by atoms with E-state index in [1.165, 1.54) is 29.2 Å². The Morgan fingerprint density at radius 1 is 1.06 bits per heavy atom. The highest BCUT2D eigenvalue weighted by Crippen LogP contribution is 2.43. The Labute approximate surface area is 180 Å². The topological polar surface area (TPSA) is 104 Å². The highest BCUT2D eigenvalue weighted by Gasteiger charge is 2.46. The molecular formula is C24H25NO6. The molecule has 1 amide bonds. The summed E-state index contributed by atoms with van der Waals surface area (Å²) in [6.45, 7) is 7.06. The number of aliphatic hydroxyl groups excluding tert-OH is 1. The molecule has 0 fully saturated rings. The van der Waals surface area contributed by atoms with Crippen molar-refractivity contribution in [3.8, 4) is 5.75 Å². The lowest BCUT2D eigenvalue weighted by Gasteiger charge is -2.29. The second-order valence-corrected chi connectivity index (χ2v) is 8.28. The fourth-order valence-electron chi connectivity index (χ4n) is 3.49. The summed E-state index contributed by atoms with van der Waals surface area (Å²) in [7, 11) is 0. The number of benzene rings is 2. The van der Waals surface area contributed by atoms with Crippen LogP contribution in [-0.2, 0) is 14.3 Å². The lowest BCUT2D eigenvalue weighted by Crippen LogP contribution is -2.32. The van der Waals surface area contributed by atoms with E-state index in [1.54, 1.807) is 52.0 Å². The molecule has 0 saturated carbocycles. The number of anilines is 1. The van der Waals surface area contributed by atoms with E-state index < -0.39 is 29.1 Å². The Balaban J connectivity index is 2.12. The molecule has 0 aliphatic carbocycles. The van der Waals surface area contributed by atoms with Crippen LogP contribution in [0.4, 0.5) is 5.69 Å². The van der Waals surface area contributed by atoms with Crippen LogP contribution in [0.15, 0.2) is 59.9 Å². The number of rotatable bonds is 5. The van der Waals surface area contributed by atoms with Gasteiger partial charge in [0.15, 0.2) is 11.5 Å². The summed E-state index contributed by atoms with van der Waals surface area (Å²) in [6, 6.07) is 11.4. The van der Waals surface area contributed by atoms with Crippen molar-refractivity contribution in [3.05, 3.63) is 71.0 Å². The van der Waals surface area contributed by atoms with E-state index in [9.17, 15) is 24.6 Å². The highest BCUT2D eigenvalue weighted by atomic mass is 16.5. The number of Topliss-reactive ketones (excluding diaryl/α,β-unsaturated/α-hetero) is 1. The molecule has 162 valence electrons. The van der Waals surface area contributed by atoms with Gasteiger partial charge in [-0.3, -0.25) is 14.5 Å². The molecule has 0 radical (unpaired) electrons. The molecule has 0 saturated heterocycles. The summed E-state index contributed by atoms with van der Waals surface area (Å²) >= 11 is 0. The fourth-order valence-corrected chi connectivity index (χ4v) is 3.49. The van der Waals surface area contributed by atoms with Crippen molar-refractivity contribution < 1.29 is 29.3 Å². The first-order valence-electron chi connectivity index (χ1n) is 9.93. The third-order valence-electron chi connectivity index (χ3n) is 4.98. The van der Waals surface area contributed by atoms with Crippen molar-refractivity contribution in [1.82, 2.24) is 0 Å². The van der Waals surface area contributed by atoms with E-state index in [0.717, 1.165) is 0 Å². The van der Waals surface area contributed by atoms with Gasteiger partial charge in [-0.05, 0) is 48.9 Å². The van der Waals surface area contributed by atoms with Crippen LogP contribution >= 0.6 is 0 Å². The summed E-state index contributed by atoms with van der Waals surface area (Å²) in [5, 5.41) is 20.6. The lowest BCUT2D eigenvalue weighted by atomic mass is 9.82. The number of esters is 1. The Kier molecular flexibility index (Phi) is 5.88. The second kappa shape index (κ2) is 8.26. The number of hydrogen-bond donors (Lipinski definition) is 2. The number of ketones is 1. The smallest absolute Gasteiger partial charge is 0.338 e. The monoisotopic (exact) mass is 423 g/mol. The molecule has 1 unspecified atom stereocenters. The number of aromatic hydroxyl groups is 1. The molecule has 2 N–H and O–H groups in total. The minimum Gasteiger partial charge on any atom is -0.508 e. The van der Waals surface area contributed by atoms with Gasteiger partial charge in [-0.1, -0.05) is 32.9 Å². The van der Waals surface area contributed by atoms with Crippen LogP contribution < -0.4 is 4.90 Å². The number of carbonyl (C=O) groups is 3. The van der Waals surface area contributed by atoms with Crippen molar-refractivity contribution in [2.24, 2.45) is 5.41 Å². The maximum absolute atomic E-state index is 13.2. The van der Waals surface area contributed by atoms with Crippen LogP contribution in [0.3, 0.4) is 0 Å². The first kappa shape index (κ1) is 22.1. The van der Waals surface area contributed by atoms with Crippen LogP contribution in [0, 0.1) is 5.41 Å². The summed E-state index contributed by atoms with van der Waals surface area (Å²) in [5.74, 6) is -2.25. The molecule has 1 heterocycles. The van der Waals surface area contributed by atoms with Crippen molar-refractivity contribution in [2.75, 3.05) is 11.5 Å². The Morgan fingerprint density at radius 2 is 1.71 bits per heavy atom. The molecule has 1 atom stereocenters. The van der Waals surface area contributed by atoms with Crippen molar-refractivity contribution >= 4 is 23.3 Å². The highest BCUT2D eigenvalue weighted by molar-refractivity contribution is 6.17. The van der Waals surface area contributed by atoms with Gasteiger partial charge in [0.2, 0.25) is 0 Å². The number of hydrogen-bond acceptors (Lipinski definition) is 6. The van der Waals surface area contributed by atoms with Gasteiger partial charge in [-0.2, -0.15) is 0 Å². The minimum atomic E-state index is -0.931. The van der Waals surface area contributed by atoms with Gasteiger partial charge < -0.3 is 14.9 Å². The number of ether oxygens (including phenoxy) is 1. The molecule has 31 heavy (non-hydrogen) atoms. The average Bonchev–Trinajstić information content (AvgIpc) is 2.98. The molecule has 7 heteroatoms. The quantitative estimate of drug-likeness (QED) is 0.702. The van der Waals surface area contributed by atoms with E-state index in [2.05, 4.69) is 0 Å². The average molecular weight is 423 g/mol. The SMILES string of the molecule is CCOC(=O)c1ccc(N2C(=O)C(O)=C(C(=O)C(C)(C)C)C2c2cccc(O)c2)cc1. The van der Waals surface area contributed by atoms with Crippen LogP contribution in [0.5, 0.6) is 5.75 Å². The standard InChI is InChI=1S/C24H25NO6/c1-5-31-23(30)14-9-11-16(12-10-14)25-19(15-7-6-8-17(26)13-15)18(20(27)22(25)29)21(28)24(2,3)4/h6-13,19,26-27H,5H2,1-4H3. The van der Waals surface area contributed by atoms with E-state index in [0.29, 0.717) is 16.8 Å². The molecule has 3 rings (SSSR count). The largest absolute Gasteiger partial charge is 0.508 e. The molecule has 1 aliphatic rings. The van der Waals surface area contributed by atoms with E-state index in [-0.39, 0.29) is 23.7 Å². The lowest BCUT2D eigenvalue weighted by molar-refractivity contribution is -0.123. The molecule has 1 aliphatic heterocycles. The van der Waals surface area contributed by atoms with Crippen molar-refractivity contribution in [3.63, 3.8) is 0 Å². The van der Waals surface area contributed by atoms with Crippen LogP contribution in [0.2, 0.25) is 0 Å². The van der Waals surface area contributed by atoms with Crippen molar-refractivity contribution in [1.29, 1.82) is 0 Å². The summed E-state index contributed by atoms with van der Waals surface area (Å²) < 4.78 is 4.98. The van der Waals surface area contributed by atoms with Crippen molar-refractivity contribution in [2.45, 2.75) is 33.7 Å². The summed E-state index contributed by atoms with van der Waals surface area (Å²) in [4.78, 5) is 39.4. The molecule has 2 aromatic carbocycles. The van der Waals surface area contributed by atoms with E-state index in [1.807, 2.05) is 0 Å². The number of phenolic OH excluding ortho intramolecular Hbond substituents is 1. The Hall–Kier alpha value is -3.61. The Bertz CT molecular complexity index is 1060. The van der Waals surface area contributed by atoms with Gasteiger partial charge in [-0.25, -0.2) is 4.79 Å². The van der Waals surface area contributed by atoms with E-state index >= 15 is 0 Å². The Morgan fingerprint density at radius 3 is 2.26 bits per heavy atom. The van der Waals surface area contributed by atoms with Crippen LogP contribution in [0.25, 0.3) is 0 Å². The summed E-state index contributed by atoms with van der Waals surface area (Å²) in [5.41, 5.74) is 0.295. The zero-order chi connectivity index (χ0) is 22.9. The number of aliphatic hydroxyl groups is 1. The number of amides is 1. The molecule has 7 nitrogen and oxygen atoms in total. The van der Waals surface area contributed by atoms with Gasteiger partial charge in [0, 0.05) is 11.1 Å². The first-order valence-corrected chi connectivity index (χ1v) is 9.93. The minimum absolute atomic E-state index is 0.0300. The second-order valence-electron chi connectivity index (χ2n) is 8.28. The normalized spacial score (nSPS) is 16.6. The maximum Gasteiger partial charge on any atom is 0.338 e. The number of phenols is 1. The molecule has 0 aromatic heterocycles. The number of carbonyl (C=O) groups excluding carboxylic acids is 3. The van der Waals surface area contributed by atoms with Gasteiger partial charge in [0.05, 0.1) is 23.8 Å². The molecule has 0 spiro atoms.